The van der Waals surface area contributed by atoms with Crippen molar-refractivity contribution >= 4 is 23.2 Å². The van der Waals surface area contributed by atoms with E-state index in [9.17, 15) is 14.0 Å². The molecule has 0 saturated heterocycles. The average molecular weight is 349 g/mol. The molecule has 0 aliphatic rings. The molecule has 0 aliphatic carbocycles. The van der Waals surface area contributed by atoms with Gasteiger partial charge in [0, 0.05) is 17.8 Å². The number of amides is 1. The molecule has 0 spiro atoms. The number of nitrogens with one attached hydrogen (secondary N) is 1. The average Bonchev–Trinajstić information content (AvgIpc) is 3.07. The third-order valence-electron chi connectivity index (χ3n) is 3.44. The van der Waals surface area contributed by atoms with Crippen LogP contribution in [-0.2, 0) is 27.3 Å². The molecule has 1 aromatic carbocycles. The standard InChI is InChI=1S/C18H20FNO3S/c1-13(18(22)20-12-14-7-9-15(19)10-8-14)23-17(21)6-2-4-16-5-3-11-24-16/h3,5,7-11,13H,2,4,6,12H2,1H3,(H,20,22)/t13-/m1/s1. The molecule has 2 aromatic rings. The van der Waals surface area contributed by atoms with E-state index in [0.717, 1.165) is 12.0 Å². The van der Waals surface area contributed by atoms with E-state index in [1.165, 1.54) is 23.9 Å². The van der Waals surface area contributed by atoms with Gasteiger partial charge >= 0.3 is 5.97 Å². The molecule has 1 amide bonds. The number of carbonyl (C=O) groups excluding carboxylic acids is 2. The van der Waals surface area contributed by atoms with E-state index in [1.807, 2.05) is 17.5 Å². The Morgan fingerprint density at radius 2 is 2.00 bits per heavy atom. The van der Waals surface area contributed by atoms with E-state index in [-0.39, 0.29) is 30.7 Å². The number of rotatable bonds is 8. The summed E-state index contributed by atoms with van der Waals surface area (Å²) in [5, 5.41) is 4.67. The molecule has 2 rings (SSSR count). The van der Waals surface area contributed by atoms with Crippen LogP contribution >= 0.6 is 11.3 Å². The summed E-state index contributed by atoms with van der Waals surface area (Å²) in [4.78, 5) is 24.9. The summed E-state index contributed by atoms with van der Waals surface area (Å²) in [5.41, 5.74) is 0.777. The molecule has 0 radical (unpaired) electrons. The van der Waals surface area contributed by atoms with Gasteiger partial charge in [-0.15, -0.1) is 11.3 Å². The number of ether oxygens (including phenoxy) is 1. The Balaban J connectivity index is 1.66. The third kappa shape index (κ3) is 6.12. The molecule has 1 aromatic heterocycles. The highest BCUT2D eigenvalue weighted by atomic mass is 32.1. The molecular formula is C18H20FNO3S. The first-order valence-corrected chi connectivity index (χ1v) is 8.66. The Bertz CT molecular complexity index is 655. The predicted octanol–water partition coefficient (Wildman–Crippen LogP) is 3.46. The zero-order valence-corrected chi connectivity index (χ0v) is 14.3. The van der Waals surface area contributed by atoms with Crippen LogP contribution in [0.25, 0.3) is 0 Å². The molecule has 1 N–H and O–H groups in total. The maximum absolute atomic E-state index is 12.8. The Morgan fingerprint density at radius 1 is 1.25 bits per heavy atom. The van der Waals surface area contributed by atoms with Crippen LogP contribution in [0.4, 0.5) is 4.39 Å². The normalized spacial score (nSPS) is 11.8. The summed E-state index contributed by atoms with van der Waals surface area (Å²) in [6.45, 7) is 1.80. The molecule has 0 bridgehead atoms. The summed E-state index contributed by atoms with van der Waals surface area (Å²) < 4.78 is 17.9. The van der Waals surface area contributed by atoms with Crippen molar-refractivity contribution < 1.29 is 18.7 Å². The number of aryl methyl sites for hydroxylation is 1. The summed E-state index contributed by atoms with van der Waals surface area (Å²) in [6.07, 6.45) is 0.967. The van der Waals surface area contributed by atoms with Crippen molar-refractivity contribution in [2.24, 2.45) is 0 Å². The number of halogens is 1. The highest BCUT2D eigenvalue weighted by molar-refractivity contribution is 7.09. The van der Waals surface area contributed by atoms with Gasteiger partial charge in [-0.3, -0.25) is 9.59 Å². The van der Waals surface area contributed by atoms with E-state index in [0.29, 0.717) is 6.42 Å². The fourth-order valence-electron chi connectivity index (χ4n) is 2.11. The van der Waals surface area contributed by atoms with Gasteiger partial charge in [-0.05, 0) is 48.9 Å². The fraction of sp³-hybridized carbons (Fsp3) is 0.333. The highest BCUT2D eigenvalue weighted by Crippen LogP contribution is 2.12. The lowest BCUT2D eigenvalue weighted by atomic mass is 10.2. The molecule has 128 valence electrons. The Morgan fingerprint density at radius 3 is 2.67 bits per heavy atom. The van der Waals surface area contributed by atoms with E-state index in [4.69, 9.17) is 4.74 Å². The van der Waals surface area contributed by atoms with Crippen molar-refractivity contribution in [3.8, 4) is 0 Å². The van der Waals surface area contributed by atoms with Crippen LogP contribution in [0.3, 0.4) is 0 Å². The minimum atomic E-state index is -0.848. The molecular weight excluding hydrogens is 329 g/mol. The SMILES string of the molecule is C[C@@H](OC(=O)CCCc1cccs1)C(=O)NCc1ccc(F)cc1. The van der Waals surface area contributed by atoms with Crippen LogP contribution in [-0.4, -0.2) is 18.0 Å². The summed E-state index contributed by atoms with van der Waals surface area (Å²) >= 11 is 1.66. The van der Waals surface area contributed by atoms with Crippen molar-refractivity contribution in [2.75, 3.05) is 0 Å². The number of esters is 1. The Hall–Kier alpha value is -2.21. The maximum atomic E-state index is 12.8. The molecule has 0 saturated carbocycles. The summed E-state index contributed by atoms with van der Waals surface area (Å²) in [7, 11) is 0. The van der Waals surface area contributed by atoms with E-state index in [2.05, 4.69) is 5.32 Å². The van der Waals surface area contributed by atoms with Gasteiger partial charge in [0.15, 0.2) is 6.10 Å². The van der Waals surface area contributed by atoms with Gasteiger partial charge in [-0.2, -0.15) is 0 Å². The first kappa shape index (κ1) is 18.1. The van der Waals surface area contributed by atoms with Gasteiger partial charge in [0.1, 0.15) is 5.82 Å². The van der Waals surface area contributed by atoms with Gasteiger partial charge in [0.05, 0.1) is 0 Å². The van der Waals surface area contributed by atoms with Crippen molar-refractivity contribution in [3.63, 3.8) is 0 Å². The van der Waals surface area contributed by atoms with Gasteiger partial charge in [-0.1, -0.05) is 18.2 Å². The monoisotopic (exact) mass is 349 g/mol. The molecule has 0 fully saturated rings. The van der Waals surface area contributed by atoms with Crippen LogP contribution in [0.5, 0.6) is 0 Å². The van der Waals surface area contributed by atoms with Crippen LogP contribution in [0.2, 0.25) is 0 Å². The van der Waals surface area contributed by atoms with Gasteiger partial charge in [-0.25, -0.2) is 4.39 Å². The second-order valence-electron chi connectivity index (χ2n) is 5.41. The number of carbonyl (C=O) groups is 2. The lowest BCUT2D eigenvalue weighted by Gasteiger charge is -2.13. The number of hydrogen-bond donors (Lipinski definition) is 1. The largest absolute Gasteiger partial charge is 0.453 e. The molecule has 1 atom stereocenters. The number of benzene rings is 1. The molecule has 6 heteroatoms. The molecule has 0 aliphatic heterocycles. The van der Waals surface area contributed by atoms with Crippen molar-refractivity contribution in [2.45, 2.75) is 38.8 Å². The first-order valence-electron chi connectivity index (χ1n) is 7.78. The van der Waals surface area contributed by atoms with E-state index in [1.54, 1.807) is 23.5 Å². The third-order valence-corrected chi connectivity index (χ3v) is 4.38. The Kier molecular flexibility index (Phi) is 6.93. The van der Waals surface area contributed by atoms with Gasteiger partial charge < -0.3 is 10.1 Å². The van der Waals surface area contributed by atoms with Crippen molar-refractivity contribution in [1.29, 1.82) is 0 Å². The molecule has 1 heterocycles. The predicted molar refractivity (Wildman–Crippen MR) is 91.1 cm³/mol. The zero-order chi connectivity index (χ0) is 17.4. The second kappa shape index (κ2) is 9.17. The second-order valence-corrected chi connectivity index (χ2v) is 6.44. The molecule has 0 unspecified atom stereocenters. The van der Waals surface area contributed by atoms with E-state index < -0.39 is 6.10 Å². The smallest absolute Gasteiger partial charge is 0.306 e. The first-order chi connectivity index (χ1) is 11.5. The van der Waals surface area contributed by atoms with Gasteiger partial charge in [0.25, 0.3) is 5.91 Å². The van der Waals surface area contributed by atoms with Gasteiger partial charge in [0.2, 0.25) is 0 Å². The fourth-order valence-corrected chi connectivity index (χ4v) is 2.86. The summed E-state index contributed by atoms with van der Waals surface area (Å²) in [5.74, 6) is -1.07. The van der Waals surface area contributed by atoms with Crippen LogP contribution < -0.4 is 5.32 Å². The van der Waals surface area contributed by atoms with Crippen LogP contribution in [0, 0.1) is 5.82 Å². The topological polar surface area (TPSA) is 55.4 Å². The number of thiophene rings is 1. The minimum Gasteiger partial charge on any atom is -0.453 e. The van der Waals surface area contributed by atoms with E-state index >= 15 is 0 Å². The number of hydrogen-bond acceptors (Lipinski definition) is 4. The van der Waals surface area contributed by atoms with Crippen molar-refractivity contribution in [1.82, 2.24) is 5.32 Å². The van der Waals surface area contributed by atoms with Crippen LogP contribution in [0.1, 0.15) is 30.2 Å². The Labute approximate surface area is 144 Å². The quantitative estimate of drug-likeness (QED) is 0.743. The van der Waals surface area contributed by atoms with Crippen molar-refractivity contribution in [3.05, 3.63) is 58.0 Å². The highest BCUT2D eigenvalue weighted by Gasteiger charge is 2.17. The van der Waals surface area contributed by atoms with Crippen LogP contribution in [0.15, 0.2) is 41.8 Å². The maximum Gasteiger partial charge on any atom is 0.306 e. The lowest BCUT2D eigenvalue weighted by molar-refractivity contribution is -0.154. The summed E-state index contributed by atoms with van der Waals surface area (Å²) in [6, 6.07) is 9.86. The molecule has 4 nitrogen and oxygen atoms in total. The zero-order valence-electron chi connectivity index (χ0n) is 13.5. The molecule has 24 heavy (non-hydrogen) atoms. The lowest BCUT2D eigenvalue weighted by Crippen LogP contribution is -2.35. The minimum absolute atomic E-state index is 0.263.